The largest absolute Gasteiger partial charge is 0.458 e. The highest BCUT2D eigenvalue weighted by atomic mass is 35.5. The number of nitro groups is 1. The Morgan fingerprint density at radius 2 is 1.82 bits per heavy atom. The van der Waals surface area contributed by atoms with Crippen molar-refractivity contribution >= 4 is 39.9 Å². The van der Waals surface area contributed by atoms with E-state index in [4.69, 9.17) is 20.8 Å². The molecule has 0 radical (unpaired) electrons. The number of ether oxygens (including phenoxy) is 1. The van der Waals surface area contributed by atoms with Crippen LogP contribution in [0.4, 0.5) is 24.5 Å². The Morgan fingerprint density at radius 1 is 1.14 bits per heavy atom. The van der Waals surface area contributed by atoms with Gasteiger partial charge in [0.1, 0.15) is 23.5 Å². The highest BCUT2D eigenvalue weighted by Gasteiger charge is 2.39. The number of piperazine rings is 1. The third kappa shape index (κ3) is 6.82. The van der Waals surface area contributed by atoms with Crippen LogP contribution in [0.3, 0.4) is 0 Å². The van der Waals surface area contributed by atoms with Gasteiger partial charge in [0.25, 0.3) is 5.69 Å². The molecule has 238 valence electrons. The second kappa shape index (κ2) is 12.9. The second-order valence-corrected chi connectivity index (χ2v) is 12.1. The quantitative estimate of drug-likeness (QED) is 0.194. The summed E-state index contributed by atoms with van der Waals surface area (Å²) >= 11 is 6.67. The van der Waals surface area contributed by atoms with Crippen LogP contribution in [0.25, 0.3) is 11.0 Å². The fourth-order valence-corrected chi connectivity index (χ4v) is 6.56. The monoisotopic (exact) mass is 636 g/mol. The summed E-state index contributed by atoms with van der Waals surface area (Å²) in [6.45, 7) is 6.53. The van der Waals surface area contributed by atoms with Crippen LogP contribution in [-0.2, 0) is 15.7 Å². The Labute approximate surface area is 258 Å². The zero-order valence-corrected chi connectivity index (χ0v) is 25.7. The fourth-order valence-electron chi connectivity index (χ4n) is 6.21. The molecule has 1 amide bonds. The summed E-state index contributed by atoms with van der Waals surface area (Å²) in [5.74, 6) is 0.658. The number of carbonyl (C=O) groups is 1. The second-order valence-electron chi connectivity index (χ2n) is 11.7. The summed E-state index contributed by atoms with van der Waals surface area (Å²) in [6, 6.07) is 8.95. The molecule has 0 N–H and O–H groups in total. The number of nitrogens with zero attached hydrogens (tertiary/aromatic N) is 4. The molecule has 1 saturated heterocycles. The summed E-state index contributed by atoms with van der Waals surface area (Å²) in [6.07, 6.45) is -2.31. The summed E-state index contributed by atoms with van der Waals surface area (Å²) in [5.41, 5.74) is -0.0759. The van der Waals surface area contributed by atoms with E-state index in [0.29, 0.717) is 56.9 Å². The van der Waals surface area contributed by atoms with Gasteiger partial charge in [-0.2, -0.15) is 13.2 Å². The average molecular weight is 637 g/mol. The molecule has 1 aliphatic carbocycles. The lowest BCUT2D eigenvalue weighted by atomic mass is 9.91. The molecule has 1 unspecified atom stereocenters. The van der Waals surface area contributed by atoms with Gasteiger partial charge in [-0.05, 0) is 63.8 Å². The Morgan fingerprint density at radius 3 is 2.45 bits per heavy atom. The lowest BCUT2D eigenvalue weighted by Crippen LogP contribution is -2.50. The van der Waals surface area contributed by atoms with Crippen LogP contribution in [0.1, 0.15) is 55.5 Å². The van der Waals surface area contributed by atoms with Crippen LogP contribution < -0.4 is 4.90 Å². The van der Waals surface area contributed by atoms with E-state index in [1.54, 1.807) is 16.8 Å². The molecule has 2 aliphatic rings. The Hall–Kier alpha value is -3.35. The predicted octanol–water partition coefficient (Wildman–Crippen LogP) is 6.99. The first-order valence-corrected chi connectivity index (χ1v) is 15.1. The number of rotatable bonds is 8. The van der Waals surface area contributed by atoms with Crippen LogP contribution in [0.15, 0.2) is 40.8 Å². The minimum absolute atomic E-state index is 0.0211. The van der Waals surface area contributed by atoms with Gasteiger partial charge >= 0.3 is 6.18 Å². The van der Waals surface area contributed by atoms with Gasteiger partial charge in [0, 0.05) is 56.4 Å². The molecule has 1 aliphatic heterocycles. The first-order chi connectivity index (χ1) is 20.8. The highest BCUT2D eigenvalue weighted by Crippen LogP contribution is 2.40. The lowest BCUT2D eigenvalue weighted by Gasteiger charge is -2.38. The molecule has 9 nitrogen and oxygen atoms in total. The molecule has 2 heterocycles. The van der Waals surface area contributed by atoms with Crippen molar-refractivity contribution in [2.75, 3.05) is 44.7 Å². The third-order valence-corrected chi connectivity index (χ3v) is 9.32. The molecule has 2 fully saturated rings. The van der Waals surface area contributed by atoms with Crippen molar-refractivity contribution in [3.05, 3.63) is 68.4 Å². The van der Waals surface area contributed by atoms with Crippen molar-refractivity contribution in [1.82, 2.24) is 9.80 Å². The third-order valence-electron chi connectivity index (χ3n) is 8.93. The standard InChI is InChI=1S/C31H36ClF3N4O5/c1-19-4-11-27-24(16-19)29(32)30(44-27)20(2)37-12-14-38(15-13-37)28(40)18-43-23-8-5-21(6-9-23)36(3)22-7-10-26(39(41)42)25(17-22)31(33,34)35/h4,7,10-11,16-17,20-21,23H,5-6,8-9,12-15,18H2,1-3H3. The molecule has 2 aromatic carbocycles. The topological polar surface area (TPSA) is 92.3 Å². The Balaban J connectivity index is 1.08. The summed E-state index contributed by atoms with van der Waals surface area (Å²) in [4.78, 5) is 28.8. The first kappa shape index (κ1) is 32.1. The van der Waals surface area contributed by atoms with E-state index in [1.165, 1.54) is 6.07 Å². The number of anilines is 1. The molecule has 13 heteroatoms. The smallest absolute Gasteiger partial charge is 0.423 e. The van der Waals surface area contributed by atoms with E-state index in [-0.39, 0.29) is 36.4 Å². The summed E-state index contributed by atoms with van der Waals surface area (Å²) in [7, 11) is 1.69. The van der Waals surface area contributed by atoms with Gasteiger partial charge in [-0.1, -0.05) is 23.2 Å². The van der Waals surface area contributed by atoms with Gasteiger partial charge in [-0.15, -0.1) is 0 Å². The van der Waals surface area contributed by atoms with E-state index in [0.717, 1.165) is 34.4 Å². The van der Waals surface area contributed by atoms with Crippen molar-refractivity contribution in [3.8, 4) is 0 Å². The predicted molar refractivity (Wildman–Crippen MR) is 161 cm³/mol. The normalized spacial score (nSPS) is 20.6. The molecule has 5 rings (SSSR count). The summed E-state index contributed by atoms with van der Waals surface area (Å²) in [5, 5.41) is 12.6. The van der Waals surface area contributed by atoms with Crippen LogP contribution in [0.2, 0.25) is 5.02 Å². The fraction of sp³-hybridized carbons (Fsp3) is 0.516. The maximum atomic E-state index is 13.4. The maximum Gasteiger partial charge on any atom is 0.423 e. The maximum absolute atomic E-state index is 13.4. The van der Waals surface area contributed by atoms with E-state index in [1.807, 2.05) is 25.1 Å². The Kier molecular flexibility index (Phi) is 9.43. The number of aryl methyl sites for hydroxylation is 1. The lowest BCUT2D eigenvalue weighted by molar-refractivity contribution is -0.388. The van der Waals surface area contributed by atoms with Crippen LogP contribution in [-0.4, -0.2) is 72.6 Å². The van der Waals surface area contributed by atoms with E-state index < -0.39 is 22.4 Å². The molecular formula is C31H36ClF3N4O5. The zero-order valence-electron chi connectivity index (χ0n) is 24.9. The van der Waals surface area contributed by atoms with Gasteiger partial charge in [0.2, 0.25) is 5.91 Å². The summed E-state index contributed by atoms with van der Waals surface area (Å²) < 4.78 is 52.3. The van der Waals surface area contributed by atoms with Crippen molar-refractivity contribution in [2.24, 2.45) is 0 Å². The van der Waals surface area contributed by atoms with Gasteiger partial charge in [0.15, 0.2) is 0 Å². The number of nitro benzene ring substituents is 1. The Bertz CT molecular complexity index is 1510. The number of amides is 1. The van der Waals surface area contributed by atoms with Gasteiger partial charge < -0.3 is 19.0 Å². The molecule has 1 aromatic heterocycles. The minimum atomic E-state index is -4.83. The van der Waals surface area contributed by atoms with Crippen LogP contribution >= 0.6 is 11.6 Å². The number of fused-ring (bicyclic) bond motifs is 1. The molecule has 1 atom stereocenters. The van der Waals surface area contributed by atoms with E-state index in [9.17, 15) is 28.1 Å². The van der Waals surface area contributed by atoms with Crippen molar-refractivity contribution in [2.45, 2.75) is 63.9 Å². The van der Waals surface area contributed by atoms with Gasteiger partial charge in [-0.25, -0.2) is 0 Å². The molecule has 0 bridgehead atoms. The van der Waals surface area contributed by atoms with Crippen molar-refractivity contribution in [3.63, 3.8) is 0 Å². The van der Waals surface area contributed by atoms with Gasteiger partial charge in [0.05, 0.1) is 22.1 Å². The minimum Gasteiger partial charge on any atom is -0.458 e. The zero-order chi connectivity index (χ0) is 31.8. The van der Waals surface area contributed by atoms with E-state index in [2.05, 4.69) is 11.8 Å². The first-order valence-electron chi connectivity index (χ1n) is 14.7. The average Bonchev–Trinajstić information content (AvgIpc) is 3.33. The molecule has 0 spiro atoms. The number of carbonyl (C=O) groups excluding carboxylic acids is 1. The number of hydrogen-bond donors (Lipinski definition) is 0. The molecular weight excluding hydrogens is 601 g/mol. The molecule has 1 saturated carbocycles. The van der Waals surface area contributed by atoms with Gasteiger partial charge in [-0.3, -0.25) is 19.8 Å². The van der Waals surface area contributed by atoms with Crippen molar-refractivity contribution in [1.29, 1.82) is 0 Å². The van der Waals surface area contributed by atoms with E-state index >= 15 is 0 Å². The SMILES string of the molecule is Cc1ccc2oc(C(C)N3CCN(C(=O)COC4CCC(N(C)c5ccc([N+](=O)[O-])c(C(F)(F)F)c5)CC4)CC3)c(Cl)c2c1. The highest BCUT2D eigenvalue weighted by molar-refractivity contribution is 6.36. The number of halogens is 4. The number of benzene rings is 2. The van der Waals surface area contributed by atoms with Crippen LogP contribution in [0, 0.1) is 17.0 Å². The van der Waals surface area contributed by atoms with Crippen molar-refractivity contribution < 1.29 is 32.0 Å². The number of furan rings is 1. The van der Waals surface area contributed by atoms with Crippen LogP contribution in [0.5, 0.6) is 0 Å². The number of alkyl halides is 3. The number of hydrogen-bond acceptors (Lipinski definition) is 7. The molecule has 3 aromatic rings. The molecule has 44 heavy (non-hydrogen) atoms.